The van der Waals surface area contributed by atoms with E-state index in [2.05, 4.69) is 13.8 Å². The van der Waals surface area contributed by atoms with Gasteiger partial charge in [0.2, 0.25) is 9.84 Å². The Morgan fingerprint density at radius 3 is 2.38 bits per heavy atom. The summed E-state index contributed by atoms with van der Waals surface area (Å²) in [7, 11) is -3.58. The van der Waals surface area contributed by atoms with Crippen molar-refractivity contribution >= 4 is 27.6 Å². The Balaban J connectivity index is 2.28. The SMILES string of the molecule is CCC(C)c1cccc(S(=O)(=O)c2ccc(SCC(=O)O)cc2)c1. The smallest absolute Gasteiger partial charge is 0.313 e. The minimum atomic E-state index is -3.58. The van der Waals surface area contributed by atoms with Gasteiger partial charge in [0.1, 0.15) is 0 Å². The highest BCUT2D eigenvalue weighted by Gasteiger charge is 2.18. The third-order valence-electron chi connectivity index (χ3n) is 3.85. The van der Waals surface area contributed by atoms with Gasteiger partial charge in [-0.25, -0.2) is 8.42 Å². The lowest BCUT2D eigenvalue weighted by Crippen LogP contribution is -2.03. The summed E-state index contributed by atoms with van der Waals surface area (Å²) in [5, 5.41) is 8.68. The molecule has 1 atom stereocenters. The van der Waals surface area contributed by atoms with E-state index in [-0.39, 0.29) is 15.5 Å². The highest BCUT2D eigenvalue weighted by Crippen LogP contribution is 2.27. The molecule has 128 valence electrons. The summed E-state index contributed by atoms with van der Waals surface area (Å²) >= 11 is 1.16. The predicted molar refractivity (Wildman–Crippen MR) is 95.4 cm³/mol. The molecule has 0 amide bonds. The van der Waals surface area contributed by atoms with E-state index in [1.807, 2.05) is 6.07 Å². The van der Waals surface area contributed by atoms with Crippen molar-refractivity contribution in [1.29, 1.82) is 0 Å². The Morgan fingerprint density at radius 1 is 1.12 bits per heavy atom. The fraction of sp³-hybridized carbons (Fsp3) is 0.278. The summed E-state index contributed by atoms with van der Waals surface area (Å²) < 4.78 is 25.5. The molecule has 0 aliphatic carbocycles. The zero-order valence-electron chi connectivity index (χ0n) is 13.6. The van der Waals surface area contributed by atoms with E-state index in [9.17, 15) is 13.2 Å². The van der Waals surface area contributed by atoms with Gasteiger partial charge in [-0.1, -0.05) is 26.0 Å². The lowest BCUT2D eigenvalue weighted by Gasteiger charge is -2.11. The van der Waals surface area contributed by atoms with Gasteiger partial charge in [-0.05, 0) is 54.3 Å². The molecule has 0 aliphatic heterocycles. The molecular formula is C18H20O4S2. The molecule has 24 heavy (non-hydrogen) atoms. The van der Waals surface area contributed by atoms with Crippen molar-refractivity contribution in [2.75, 3.05) is 5.75 Å². The van der Waals surface area contributed by atoms with Crippen molar-refractivity contribution in [3.8, 4) is 0 Å². The van der Waals surface area contributed by atoms with Gasteiger partial charge in [0.25, 0.3) is 0 Å². The first-order valence-electron chi connectivity index (χ1n) is 7.64. The van der Waals surface area contributed by atoms with Crippen LogP contribution >= 0.6 is 11.8 Å². The van der Waals surface area contributed by atoms with Crippen LogP contribution in [0.4, 0.5) is 0 Å². The maximum absolute atomic E-state index is 12.8. The lowest BCUT2D eigenvalue weighted by atomic mass is 9.99. The molecule has 2 rings (SSSR count). The van der Waals surface area contributed by atoms with E-state index in [4.69, 9.17) is 5.11 Å². The van der Waals surface area contributed by atoms with Crippen LogP contribution in [-0.4, -0.2) is 25.2 Å². The minimum absolute atomic E-state index is 0.0525. The molecule has 6 heteroatoms. The normalized spacial score (nSPS) is 12.8. The van der Waals surface area contributed by atoms with Gasteiger partial charge in [-0.15, -0.1) is 11.8 Å². The van der Waals surface area contributed by atoms with Crippen LogP contribution in [0, 0.1) is 0 Å². The Labute approximate surface area is 146 Å². The maximum atomic E-state index is 12.8. The number of carbonyl (C=O) groups is 1. The van der Waals surface area contributed by atoms with Crippen LogP contribution in [0.3, 0.4) is 0 Å². The average Bonchev–Trinajstić information content (AvgIpc) is 2.59. The van der Waals surface area contributed by atoms with E-state index in [0.717, 1.165) is 28.6 Å². The van der Waals surface area contributed by atoms with Crippen LogP contribution in [0.15, 0.2) is 63.2 Å². The first kappa shape index (κ1) is 18.5. The molecule has 1 N–H and O–H groups in total. The van der Waals surface area contributed by atoms with Crippen LogP contribution in [0.5, 0.6) is 0 Å². The first-order chi connectivity index (χ1) is 11.3. The van der Waals surface area contributed by atoms with E-state index in [1.54, 1.807) is 30.3 Å². The molecule has 0 spiro atoms. The van der Waals surface area contributed by atoms with Gasteiger partial charge in [0.15, 0.2) is 0 Å². The number of hydrogen-bond acceptors (Lipinski definition) is 4. The van der Waals surface area contributed by atoms with Gasteiger partial charge >= 0.3 is 5.97 Å². The van der Waals surface area contributed by atoms with E-state index < -0.39 is 15.8 Å². The Kier molecular flexibility index (Phi) is 6.07. The summed E-state index contributed by atoms with van der Waals surface area (Å²) in [6, 6.07) is 13.4. The predicted octanol–water partition coefficient (Wildman–Crippen LogP) is 4.21. The molecule has 0 heterocycles. The van der Waals surface area contributed by atoms with Crippen molar-refractivity contribution in [3.63, 3.8) is 0 Å². The van der Waals surface area contributed by atoms with Crippen LogP contribution < -0.4 is 0 Å². The number of thioether (sulfide) groups is 1. The summed E-state index contributed by atoms with van der Waals surface area (Å²) in [5.41, 5.74) is 1.01. The molecule has 0 aromatic heterocycles. The molecule has 0 aliphatic rings. The van der Waals surface area contributed by atoms with Crippen molar-refractivity contribution in [2.45, 2.75) is 40.9 Å². The van der Waals surface area contributed by atoms with E-state index in [1.165, 1.54) is 12.1 Å². The second-order valence-electron chi connectivity index (χ2n) is 5.54. The minimum Gasteiger partial charge on any atom is -0.481 e. The number of carboxylic acid groups (broad SMARTS) is 1. The first-order valence-corrected chi connectivity index (χ1v) is 10.1. The fourth-order valence-corrected chi connectivity index (χ4v) is 4.15. The van der Waals surface area contributed by atoms with E-state index >= 15 is 0 Å². The largest absolute Gasteiger partial charge is 0.481 e. The molecule has 0 saturated heterocycles. The third kappa shape index (κ3) is 4.39. The molecule has 2 aromatic rings. The second kappa shape index (κ2) is 7.85. The highest BCUT2D eigenvalue weighted by atomic mass is 32.2. The van der Waals surface area contributed by atoms with Crippen molar-refractivity contribution < 1.29 is 18.3 Å². The number of sulfone groups is 1. The Bertz CT molecular complexity index is 811. The van der Waals surface area contributed by atoms with Gasteiger partial charge in [-0.2, -0.15) is 0 Å². The van der Waals surface area contributed by atoms with E-state index in [0.29, 0.717) is 5.92 Å². The van der Waals surface area contributed by atoms with Crippen LogP contribution in [-0.2, 0) is 14.6 Å². The van der Waals surface area contributed by atoms with Crippen LogP contribution in [0.2, 0.25) is 0 Å². The molecular weight excluding hydrogens is 344 g/mol. The van der Waals surface area contributed by atoms with Crippen molar-refractivity contribution in [1.82, 2.24) is 0 Å². The zero-order valence-corrected chi connectivity index (χ0v) is 15.2. The monoisotopic (exact) mass is 364 g/mol. The zero-order chi connectivity index (χ0) is 17.7. The fourth-order valence-electron chi connectivity index (χ4n) is 2.22. The number of aliphatic carboxylic acids is 1. The van der Waals surface area contributed by atoms with Crippen LogP contribution in [0.1, 0.15) is 31.7 Å². The van der Waals surface area contributed by atoms with Gasteiger partial charge in [0, 0.05) is 4.90 Å². The maximum Gasteiger partial charge on any atom is 0.313 e. The average molecular weight is 364 g/mol. The quantitative estimate of drug-likeness (QED) is 0.745. The molecule has 0 radical (unpaired) electrons. The molecule has 2 aromatic carbocycles. The standard InChI is InChI=1S/C18H20O4S2/c1-3-13(2)14-5-4-6-17(11-14)24(21,22)16-9-7-15(8-10-16)23-12-18(19)20/h4-11,13H,3,12H2,1-2H3,(H,19,20). The summed E-state index contributed by atoms with van der Waals surface area (Å²) in [5.74, 6) is -0.656. The number of carboxylic acids is 1. The molecule has 0 fully saturated rings. The highest BCUT2D eigenvalue weighted by molar-refractivity contribution is 8.00. The molecule has 4 nitrogen and oxygen atoms in total. The summed E-state index contributed by atoms with van der Waals surface area (Å²) in [4.78, 5) is 11.8. The van der Waals surface area contributed by atoms with Crippen molar-refractivity contribution in [3.05, 3.63) is 54.1 Å². The molecule has 0 saturated carbocycles. The Morgan fingerprint density at radius 2 is 1.79 bits per heavy atom. The van der Waals surface area contributed by atoms with Gasteiger partial charge < -0.3 is 5.11 Å². The van der Waals surface area contributed by atoms with Gasteiger partial charge in [-0.3, -0.25) is 4.79 Å². The second-order valence-corrected chi connectivity index (χ2v) is 8.54. The Hall–Kier alpha value is -1.79. The summed E-state index contributed by atoms with van der Waals surface area (Å²) in [6.45, 7) is 4.14. The topological polar surface area (TPSA) is 71.4 Å². The summed E-state index contributed by atoms with van der Waals surface area (Å²) in [6.07, 6.45) is 0.943. The van der Waals surface area contributed by atoms with Gasteiger partial charge in [0.05, 0.1) is 15.5 Å². The number of hydrogen-bond donors (Lipinski definition) is 1. The molecule has 0 bridgehead atoms. The number of rotatable bonds is 7. The van der Waals surface area contributed by atoms with Crippen molar-refractivity contribution in [2.24, 2.45) is 0 Å². The third-order valence-corrected chi connectivity index (χ3v) is 6.61. The van der Waals surface area contributed by atoms with Crippen LogP contribution in [0.25, 0.3) is 0 Å². The molecule has 1 unspecified atom stereocenters. The number of benzene rings is 2. The lowest BCUT2D eigenvalue weighted by molar-refractivity contribution is -0.133.